The average Bonchev–Trinajstić information content (AvgIpc) is 2.51. The first kappa shape index (κ1) is 9.12. The summed E-state index contributed by atoms with van der Waals surface area (Å²) < 4.78 is 1.80. The van der Waals surface area contributed by atoms with Crippen molar-refractivity contribution < 1.29 is 0 Å². The van der Waals surface area contributed by atoms with Gasteiger partial charge >= 0.3 is 0 Å². The van der Waals surface area contributed by atoms with Crippen molar-refractivity contribution in [1.82, 2.24) is 25.5 Å². The van der Waals surface area contributed by atoms with Gasteiger partial charge in [0, 0.05) is 6.54 Å². The molecule has 0 aromatic carbocycles. The maximum atomic E-state index is 3.94. The second-order valence-corrected chi connectivity index (χ2v) is 2.63. The fourth-order valence-electron chi connectivity index (χ4n) is 1.14. The van der Waals surface area contributed by atoms with Gasteiger partial charge in [-0.05, 0) is 30.8 Å². The lowest BCUT2D eigenvalue weighted by molar-refractivity contribution is 0.509. The van der Waals surface area contributed by atoms with Gasteiger partial charge in [0.25, 0.3) is 0 Å². The van der Waals surface area contributed by atoms with Crippen LogP contribution in [0.15, 0.2) is 0 Å². The van der Waals surface area contributed by atoms with Gasteiger partial charge < -0.3 is 5.32 Å². The summed E-state index contributed by atoms with van der Waals surface area (Å²) in [5, 5.41) is 14.7. The summed E-state index contributed by atoms with van der Waals surface area (Å²) >= 11 is 0. The summed E-state index contributed by atoms with van der Waals surface area (Å²) in [5.74, 6) is 0.902. The van der Waals surface area contributed by atoms with Crippen LogP contribution in [0.2, 0.25) is 0 Å². The topological polar surface area (TPSA) is 55.6 Å². The zero-order chi connectivity index (χ0) is 8.97. The maximum absolute atomic E-state index is 3.94. The predicted octanol–water partition coefficient (Wildman–Crippen LogP) is 0.363. The lowest BCUT2D eigenvalue weighted by Gasteiger charge is -2.10. The van der Waals surface area contributed by atoms with Gasteiger partial charge in [0.2, 0.25) is 0 Å². The molecule has 0 aliphatic rings. The van der Waals surface area contributed by atoms with Crippen LogP contribution < -0.4 is 5.32 Å². The van der Waals surface area contributed by atoms with E-state index in [0.29, 0.717) is 0 Å². The minimum atomic E-state index is 0.227. The van der Waals surface area contributed by atoms with E-state index in [2.05, 4.69) is 34.7 Å². The minimum Gasteiger partial charge on any atom is -0.308 e. The maximum Gasteiger partial charge on any atom is 0.167 e. The monoisotopic (exact) mass is 169 g/mol. The SMILES string of the molecule is CCNC(C)c1nnnn1CC. The van der Waals surface area contributed by atoms with E-state index in [-0.39, 0.29) is 6.04 Å². The Balaban J connectivity index is 2.71. The number of hydrogen-bond donors (Lipinski definition) is 1. The molecule has 0 radical (unpaired) electrons. The van der Waals surface area contributed by atoms with E-state index >= 15 is 0 Å². The summed E-state index contributed by atoms with van der Waals surface area (Å²) in [6.07, 6.45) is 0. The highest BCUT2D eigenvalue weighted by Crippen LogP contribution is 2.05. The number of aromatic nitrogens is 4. The third-order valence-electron chi connectivity index (χ3n) is 1.76. The van der Waals surface area contributed by atoms with Crippen LogP contribution >= 0.6 is 0 Å². The third-order valence-corrected chi connectivity index (χ3v) is 1.76. The fraction of sp³-hybridized carbons (Fsp3) is 0.857. The van der Waals surface area contributed by atoms with E-state index in [0.717, 1.165) is 18.9 Å². The molecule has 1 aromatic heterocycles. The summed E-state index contributed by atoms with van der Waals surface area (Å²) in [6, 6.07) is 0.227. The van der Waals surface area contributed by atoms with Crippen LogP contribution in [0.4, 0.5) is 0 Å². The Bertz CT molecular complexity index is 231. The molecule has 0 fully saturated rings. The highest BCUT2D eigenvalue weighted by atomic mass is 15.5. The zero-order valence-corrected chi connectivity index (χ0v) is 7.78. The van der Waals surface area contributed by atoms with Crippen LogP contribution in [0.5, 0.6) is 0 Å². The Hall–Kier alpha value is -0.970. The molecule has 0 saturated carbocycles. The lowest BCUT2D eigenvalue weighted by atomic mass is 10.3. The minimum absolute atomic E-state index is 0.227. The van der Waals surface area contributed by atoms with E-state index in [1.54, 1.807) is 4.68 Å². The molecule has 1 unspecified atom stereocenters. The largest absolute Gasteiger partial charge is 0.308 e. The third kappa shape index (κ3) is 1.79. The second kappa shape index (κ2) is 4.15. The molecule has 68 valence electrons. The van der Waals surface area contributed by atoms with Gasteiger partial charge in [-0.3, -0.25) is 0 Å². The van der Waals surface area contributed by atoms with Crippen LogP contribution in [-0.4, -0.2) is 26.8 Å². The van der Waals surface area contributed by atoms with E-state index in [9.17, 15) is 0 Å². The Morgan fingerprint density at radius 2 is 2.25 bits per heavy atom. The molecular weight excluding hydrogens is 154 g/mol. The second-order valence-electron chi connectivity index (χ2n) is 2.63. The van der Waals surface area contributed by atoms with Gasteiger partial charge in [0.05, 0.1) is 6.04 Å². The number of aryl methyl sites for hydroxylation is 1. The highest BCUT2D eigenvalue weighted by molar-refractivity contribution is 4.88. The van der Waals surface area contributed by atoms with Gasteiger partial charge in [-0.1, -0.05) is 6.92 Å². The van der Waals surface area contributed by atoms with E-state index in [1.165, 1.54) is 0 Å². The Kier molecular flexibility index (Phi) is 3.16. The number of rotatable bonds is 4. The Morgan fingerprint density at radius 1 is 1.50 bits per heavy atom. The molecule has 0 saturated heterocycles. The van der Waals surface area contributed by atoms with Crippen LogP contribution in [0.3, 0.4) is 0 Å². The molecule has 1 heterocycles. The van der Waals surface area contributed by atoms with Gasteiger partial charge in [0.15, 0.2) is 5.82 Å². The first-order valence-corrected chi connectivity index (χ1v) is 4.29. The summed E-state index contributed by atoms with van der Waals surface area (Å²) in [4.78, 5) is 0. The number of nitrogens with one attached hydrogen (secondary N) is 1. The molecule has 0 bridgehead atoms. The Morgan fingerprint density at radius 3 is 2.83 bits per heavy atom. The zero-order valence-electron chi connectivity index (χ0n) is 7.78. The summed E-state index contributed by atoms with van der Waals surface area (Å²) in [7, 11) is 0. The molecule has 0 spiro atoms. The average molecular weight is 169 g/mol. The fourth-order valence-corrected chi connectivity index (χ4v) is 1.14. The van der Waals surface area contributed by atoms with Crippen molar-refractivity contribution >= 4 is 0 Å². The van der Waals surface area contributed by atoms with Gasteiger partial charge in [-0.25, -0.2) is 4.68 Å². The summed E-state index contributed by atoms with van der Waals surface area (Å²) in [6.45, 7) is 7.90. The van der Waals surface area contributed by atoms with E-state index in [4.69, 9.17) is 0 Å². The van der Waals surface area contributed by atoms with Crippen molar-refractivity contribution in [3.8, 4) is 0 Å². The molecule has 12 heavy (non-hydrogen) atoms. The number of hydrogen-bond acceptors (Lipinski definition) is 4. The number of nitrogens with zero attached hydrogens (tertiary/aromatic N) is 4. The molecule has 5 heteroatoms. The smallest absolute Gasteiger partial charge is 0.167 e. The van der Waals surface area contributed by atoms with Crippen molar-refractivity contribution in [1.29, 1.82) is 0 Å². The highest BCUT2D eigenvalue weighted by Gasteiger charge is 2.11. The van der Waals surface area contributed by atoms with Crippen LogP contribution in [0.25, 0.3) is 0 Å². The predicted molar refractivity (Wildman–Crippen MR) is 45.6 cm³/mol. The molecule has 5 nitrogen and oxygen atoms in total. The van der Waals surface area contributed by atoms with Crippen LogP contribution in [0, 0.1) is 0 Å². The first-order valence-electron chi connectivity index (χ1n) is 4.29. The molecule has 1 N–H and O–H groups in total. The molecule has 0 aliphatic carbocycles. The molecule has 1 aromatic rings. The number of tetrazole rings is 1. The Labute approximate surface area is 72.2 Å². The summed E-state index contributed by atoms with van der Waals surface area (Å²) in [5.41, 5.74) is 0. The van der Waals surface area contributed by atoms with Crippen molar-refractivity contribution in [2.45, 2.75) is 33.4 Å². The molecule has 1 rings (SSSR count). The molecule has 1 atom stereocenters. The van der Waals surface area contributed by atoms with Crippen molar-refractivity contribution in [3.05, 3.63) is 5.82 Å². The van der Waals surface area contributed by atoms with E-state index in [1.807, 2.05) is 6.92 Å². The van der Waals surface area contributed by atoms with Crippen molar-refractivity contribution in [3.63, 3.8) is 0 Å². The van der Waals surface area contributed by atoms with Gasteiger partial charge in [-0.15, -0.1) is 5.10 Å². The standard InChI is InChI=1S/C7H15N5/c1-4-8-6(3)7-9-10-11-12(7)5-2/h6,8H,4-5H2,1-3H3. The van der Waals surface area contributed by atoms with Crippen molar-refractivity contribution in [2.24, 2.45) is 0 Å². The van der Waals surface area contributed by atoms with Crippen molar-refractivity contribution in [2.75, 3.05) is 6.54 Å². The quantitative estimate of drug-likeness (QED) is 0.707. The van der Waals surface area contributed by atoms with Gasteiger partial charge in [-0.2, -0.15) is 0 Å². The molecular formula is C7H15N5. The normalized spacial score (nSPS) is 13.2. The molecule has 0 aliphatic heterocycles. The van der Waals surface area contributed by atoms with E-state index < -0.39 is 0 Å². The van der Waals surface area contributed by atoms with Crippen LogP contribution in [0.1, 0.15) is 32.6 Å². The lowest BCUT2D eigenvalue weighted by Crippen LogP contribution is -2.21. The van der Waals surface area contributed by atoms with Gasteiger partial charge in [0.1, 0.15) is 0 Å². The first-order chi connectivity index (χ1) is 5.79. The molecule has 0 amide bonds. The van der Waals surface area contributed by atoms with Crippen LogP contribution in [-0.2, 0) is 6.54 Å².